The second-order valence-corrected chi connectivity index (χ2v) is 5.16. The van der Waals surface area contributed by atoms with Gasteiger partial charge in [-0.3, -0.25) is 0 Å². The van der Waals surface area contributed by atoms with Crippen molar-refractivity contribution in [1.29, 1.82) is 0 Å². The molecule has 84 valence electrons. The highest BCUT2D eigenvalue weighted by atomic mass is 35.5. The summed E-state index contributed by atoms with van der Waals surface area (Å²) in [5.74, 6) is 0.865. The van der Waals surface area contributed by atoms with Crippen molar-refractivity contribution in [3.63, 3.8) is 0 Å². The average Bonchev–Trinajstić information content (AvgIpc) is 2.22. The van der Waals surface area contributed by atoms with Crippen LogP contribution in [-0.2, 0) is 0 Å². The molecule has 1 fully saturated rings. The van der Waals surface area contributed by atoms with Crippen LogP contribution in [0.2, 0.25) is 0 Å². The summed E-state index contributed by atoms with van der Waals surface area (Å²) in [5.41, 5.74) is 0. The summed E-state index contributed by atoms with van der Waals surface area (Å²) in [5, 5.41) is 4.13. The Balaban J connectivity index is 2.12. The maximum atomic E-state index is 6.07. The third-order valence-corrected chi connectivity index (χ3v) is 3.94. The molecule has 1 N–H and O–H groups in total. The molecule has 2 heteroatoms. The fraction of sp³-hybridized carbons (Fsp3) is 1.00. The predicted molar refractivity (Wildman–Crippen MR) is 64.0 cm³/mol. The third-order valence-electron chi connectivity index (χ3n) is 3.51. The molecule has 0 aromatic rings. The molecule has 1 aliphatic carbocycles. The highest BCUT2D eigenvalue weighted by Crippen LogP contribution is 2.23. The van der Waals surface area contributed by atoms with Crippen LogP contribution in [0, 0.1) is 5.92 Å². The van der Waals surface area contributed by atoms with Gasteiger partial charge in [0.2, 0.25) is 0 Å². The molecule has 0 bridgehead atoms. The predicted octanol–water partition coefficient (Wildman–Crippen LogP) is 3.56. The van der Waals surface area contributed by atoms with Gasteiger partial charge in [-0.2, -0.15) is 0 Å². The fourth-order valence-corrected chi connectivity index (χ4v) is 2.42. The minimum Gasteiger partial charge on any atom is -0.314 e. The van der Waals surface area contributed by atoms with Crippen LogP contribution >= 0.6 is 11.6 Å². The first-order valence-electron chi connectivity index (χ1n) is 6.13. The molecule has 0 amide bonds. The van der Waals surface area contributed by atoms with Crippen molar-refractivity contribution in [2.45, 2.75) is 63.8 Å². The monoisotopic (exact) mass is 217 g/mol. The number of rotatable bonds is 5. The molecule has 0 unspecified atom stereocenters. The van der Waals surface area contributed by atoms with Gasteiger partial charge >= 0.3 is 0 Å². The van der Waals surface area contributed by atoms with Gasteiger partial charge in [0.1, 0.15) is 0 Å². The number of nitrogens with one attached hydrogen (secondary N) is 1. The van der Waals surface area contributed by atoms with Gasteiger partial charge in [0, 0.05) is 11.4 Å². The van der Waals surface area contributed by atoms with E-state index >= 15 is 0 Å². The van der Waals surface area contributed by atoms with E-state index in [0.29, 0.717) is 5.38 Å². The number of hydrogen-bond acceptors (Lipinski definition) is 1. The van der Waals surface area contributed by atoms with Crippen molar-refractivity contribution in [2.24, 2.45) is 5.92 Å². The molecule has 1 nitrogen and oxygen atoms in total. The summed E-state index contributed by atoms with van der Waals surface area (Å²) in [6, 6.07) is 0.741. The van der Waals surface area contributed by atoms with Crippen molar-refractivity contribution in [2.75, 3.05) is 6.54 Å². The zero-order valence-corrected chi connectivity index (χ0v) is 10.3. The Morgan fingerprint density at radius 1 is 1.14 bits per heavy atom. The Kier molecular flexibility index (Phi) is 5.88. The minimum absolute atomic E-state index is 0.446. The number of alkyl halides is 1. The Labute approximate surface area is 93.6 Å². The lowest BCUT2D eigenvalue weighted by Crippen LogP contribution is -2.36. The van der Waals surface area contributed by atoms with Crippen LogP contribution in [0.15, 0.2) is 0 Å². The molecular formula is C12H24ClN. The fourth-order valence-electron chi connectivity index (χ4n) is 2.17. The Morgan fingerprint density at radius 3 is 2.21 bits per heavy atom. The summed E-state index contributed by atoms with van der Waals surface area (Å²) in [4.78, 5) is 0. The molecule has 14 heavy (non-hydrogen) atoms. The van der Waals surface area contributed by atoms with Crippen LogP contribution in [0.1, 0.15) is 52.4 Å². The summed E-state index contributed by atoms with van der Waals surface area (Å²) < 4.78 is 0. The van der Waals surface area contributed by atoms with Gasteiger partial charge in [0.15, 0.2) is 0 Å². The van der Waals surface area contributed by atoms with Crippen LogP contribution in [0.25, 0.3) is 0 Å². The first-order chi connectivity index (χ1) is 6.76. The lowest BCUT2D eigenvalue weighted by molar-refractivity contribution is 0.341. The smallest absolute Gasteiger partial charge is 0.0337 e. The van der Waals surface area contributed by atoms with Crippen LogP contribution < -0.4 is 5.32 Å². The topological polar surface area (TPSA) is 12.0 Å². The third kappa shape index (κ3) is 4.18. The van der Waals surface area contributed by atoms with Gasteiger partial charge in [-0.05, 0) is 38.1 Å². The molecule has 0 saturated heterocycles. The molecule has 1 saturated carbocycles. The van der Waals surface area contributed by atoms with Crippen molar-refractivity contribution in [3.8, 4) is 0 Å². The standard InChI is InChI=1S/C12H24ClN/c1-3-10(4-2)9-14-12-7-5-11(13)6-8-12/h10-12,14H,3-9H2,1-2H3. The molecule has 0 atom stereocenters. The first-order valence-corrected chi connectivity index (χ1v) is 6.57. The Bertz CT molecular complexity index is 137. The largest absolute Gasteiger partial charge is 0.314 e. The lowest BCUT2D eigenvalue weighted by Gasteiger charge is -2.27. The zero-order valence-electron chi connectivity index (χ0n) is 9.56. The van der Waals surface area contributed by atoms with Gasteiger partial charge in [-0.25, -0.2) is 0 Å². The minimum atomic E-state index is 0.446. The van der Waals surface area contributed by atoms with Crippen molar-refractivity contribution in [1.82, 2.24) is 5.32 Å². The summed E-state index contributed by atoms with van der Waals surface area (Å²) in [7, 11) is 0. The second kappa shape index (κ2) is 6.68. The van der Waals surface area contributed by atoms with Gasteiger partial charge in [-0.1, -0.05) is 26.7 Å². The van der Waals surface area contributed by atoms with E-state index in [1.165, 1.54) is 45.1 Å². The van der Waals surface area contributed by atoms with Crippen LogP contribution in [0.3, 0.4) is 0 Å². The highest BCUT2D eigenvalue weighted by Gasteiger charge is 2.19. The molecule has 0 radical (unpaired) electrons. The Morgan fingerprint density at radius 2 is 1.71 bits per heavy atom. The molecule has 1 aliphatic rings. The first kappa shape index (κ1) is 12.3. The summed E-state index contributed by atoms with van der Waals surface area (Å²) >= 11 is 6.07. The van der Waals surface area contributed by atoms with Crippen molar-refractivity contribution >= 4 is 11.6 Å². The molecule has 1 rings (SSSR count). The number of halogens is 1. The Hall–Kier alpha value is 0.250. The quantitative estimate of drug-likeness (QED) is 0.695. The van der Waals surface area contributed by atoms with E-state index in [2.05, 4.69) is 19.2 Å². The van der Waals surface area contributed by atoms with Crippen LogP contribution in [0.4, 0.5) is 0 Å². The molecule has 0 aromatic carbocycles. The van der Waals surface area contributed by atoms with Gasteiger partial charge in [-0.15, -0.1) is 11.6 Å². The molecule has 0 aromatic heterocycles. The van der Waals surface area contributed by atoms with Crippen LogP contribution in [-0.4, -0.2) is 18.0 Å². The lowest BCUT2D eigenvalue weighted by atomic mass is 9.94. The summed E-state index contributed by atoms with van der Waals surface area (Å²) in [6.07, 6.45) is 7.54. The van der Waals surface area contributed by atoms with E-state index in [1.807, 2.05) is 0 Å². The SMILES string of the molecule is CCC(CC)CNC1CCC(Cl)CC1. The van der Waals surface area contributed by atoms with Crippen molar-refractivity contribution < 1.29 is 0 Å². The highest BCUT2D eigenvalue weighted by molar-refractivity contribution is 6.20. The maximum Gasteiger partial charge on any atom is 0.0337 e. The molecule has 0 spiro atoms. The maximum absolute atomic E-state index is 6.07. The zero-order chi connectivity index (χ0) is 10.4. The average molecular weight is 218 g/mol. The summed E-state index contributed by atoms with van der Waals surface area (Å²) in [6.45, 7) is 5.77. The van der Waals surface area contributed by atoms with E-state index < -0.39 is 0 Å². The van der Waals surface area contributed by atoms with E-state index in [0.717, 1.165) is 12.0 Å². The van der Waals surface area contributed by atoms with E-state index in [-0.39, 0.29) is 0 Å². The van der Waals surface area contributed by atoms with E-state index in [1.54, 1.807) is 0 Å². The van der Waals surface area contributed by atoms with Crippen LogP contribution in [0.5, 0.6) is 0 Å². The van der Waals surface area contributed by atoms with Crippen molar-refractivity contribution in [3.05, 3.63) is 0 Å². The van der Waals surface area contributed by atoms with Gasteiger partial charge in [0.05, 0.1) is 0 Å². The normalized spacial score (nSPS) is 28.3. The number of hydrogen-bond donors (Lipinski definition) is 1. The second-order valence-electron chi connectivity index (χ2n) is 4.54. The molecular weight excluding hydrogens is 194 g/mol. The van der Waals surface area contributed by atoms with E-state index in [4.69, 9.17) is 11.6 Å². The molecule has 0 aliphatic heterocycles. The van der Waals surface area contributed by atoms with E-state index in [9.17, 15) is 0 Å². The molecule has 0 heterocycles. The van der Waals surface area contributed by atoms with Gasteiger partial charge in [0.25, 0.3) is 0 Å². The van der Waals surface area contributed by atoms with Gasteiger partial charge < -0.3 is 5.32 Å².